The second kappa shape index (κ2) is 10.2. The van der Waals surface area contributed by atoms with E-state index < -0.39 is 21.0 Å². The Hall–Kier alpha value is -1.66. The SMILES string of the molecule is C=CCCCCCCCCC(=O)Oc1ccccc1S(=O)(=O)O. The third kappa shape index (κ3) is 7.95. The smallest absolute Gasteiger partial charge is 0.311 e. The van der Waals surface area contributed by atoms with Crippen molar-refractivity contribution in [1.29, 1.82) is 0 Å². The molecule has 5 nitrogen and oxygen atoms in total. The van der Waals surface area contributed by atoms with Gasteiger partial charge in [-0.2, -0.15) is 8.42 Å². The normalized spacial score (nSPS) is 11.2. The highest BCUT2D eigenvalue weighted by atomic mass is 32.2. The van der Waals surface area contributed by atoms with Gasteiger partial charge in [-0.1, -0.05) is 43.9 Å². The molecule has 0 aliphatic rings. The molecule has 0 aromatic heterocycles. The van der Waals surface area contributed by atoms with Gasteiger partial charge in [-0.05, 0) is 31.4 Å². The van der Waals surface area contributed by atoms with E-state index in [0.29, 0.717) is 6.42 Å². The third-order valence-corrected chi connectivity index (χ3v) is 4.28. The molecule has 6 heteroatoms. The van der Waals surface area contributed by atoms with E-state index in [1.165, 1.54) is 18.2 Å². The van der Waals surface area contributed by atoms with Crippen LogP contribution in [0.5, 0.6) is 5.75 Å². The predicted molar refractivity (Wildman–Crippen MR) is 89.0 cm³/mol. The Labute approximate surface area is 138 Å². The number of esters is 1. The molecule has 0 saturated carbocycles. The van der Waals surface area contributed by atoms with Crippen LogP contribution in [0.4, 0.5) is 0 Å². The summed E-state index contributed by atoms with van der Waals surface area (Å²) in [4.78, 5) is 11.4. The third-order valence-electron chi connectivity index (χ3n) is 3.39. The average molecular weight is 340 g/mol. The predicted octanol–water partition coefficient (Wildman–Crippen LogP) is 4.15. The van der Waals surface area contributed by atoms with Crippen molar-refractivity contribution < 1.29 is 22.5 Å². The van der Waals surface area contributed by atoms with Crippen molar-refractivity contribution in [2.45, 2.75) is 56.3 Å². The van der Waals surface area contributed by atoms with Crippen LogP contribution in [0.1, 0.15) is 51.4 Å². The van der Waals surface area contributed by atoms with Gasteiger partial charge in [-0.3, -0.25) is 9.35 Å². The van der Waals surface area contributed by atoms with E-state index in [-0.39, 0.29) is 12.2 Å². The van der Waals surface area contributed by atoms with Gasteiger partial charge in [0.2, 0.25) is 0 Å². The number of rotatable bonds is 11. The maximum atomic E-state index is 11.8. The Morgan fingerprint density at radius 1 is 1.09 bits per heavy atom. The van der Waals surface area contributed by atoms with Crippen LogP contribution in [0, 0.1) is 0 Å². The molecule has 0 heterocycles. The van der Waals surface area contributed by atoms with E-state index in [9.17, 15) is 13.2 Å². The molecular formula is C17H24O5S. The molecule has 1 aromatic carbocycles. The maximum absolute atomic E-state index is 11.8. The van der Waals surface area contributed by atoms with Crippen molar-refractivity contribution in [3.05, 3.63) is 36.9 Å². The molecule has 1 N–H and O–H groups in total. The van der Waals surface area contributed by atoms with Crippen LogP contribution < -0.4 is 4.74 Å². The van der Waals surface area contributed by atoms with Crippen LogP contribution in [0.15, 0.2) is 41.8 Å². The molecule has 0 amide bonds. The van der Waals surface area contributed by atoms with Crippen LogP contribution in [0.3, 0.4) is 0 Å². The van der Waals surface area contributed by atoms with Crippen LogP contribution in [0.2, 0.25) is 0 Å². The zero-order valence-corrected chi connectivity index (χ0v) is 14.1. The van der Waals surface area contributed by atoms with E-state index >= 15 is 0 Å². The van der Waals surface area contributed by atoms with Crippen LogP contribution in [-0.4, -0.2) is 18.9 Å². The lowest BCUT2D eigenvalue weighted by Gasteiger charge is -2.07. The molecule has 0 aliphatic heterocycles. The molecule has 0 radical (unpaired) electrons. The summed E-state index contributed by atoms with van der Waals surface area (Å²) in [6.07, 6.45) is 9.33. The summed E-state index contributed by atoms with van der Waals surface area (Å²) < 4.78 is 36.5. The van der Waals surface area contributed by atoms with E-state index in [0.717, 1.165) is 38.5 Å². The first kappa shape index (κ1) is 19.4. The second-order valence-corrected chi connectivity index (χ2v) is 6.73. The Bertz CT molecular complexity index is 607. The summed E-state index contributed by atoms with van der Waals surface area (Å²) in [5.74, 6) is -0.628. The summed E-state index contributed by atoms with van der Waals surface area (Å²) in [6.45, 7) is 3.68. The first-order valence-electron chi connectivity index (χ1n) is 7.83. The minimum Gasteiger partial charge on any atom is -0.425 e. The van der Waals surface area contributed by atoms with Crippen LogP contribution in [-0.2, 0) is 14.9 Å². The number of para-hydroxylation sites is 1. The van der Waals surface area contributed by atoms with Gasteiger partial charge >= 0.3 is 5.97 Å². The standard InChI is InChI=1S/C17H24O5S/c1-2-3-4-5-6-7-8-9-14-17(18)22-15-12-10-11-13-16(15)23(19,20)21/h2,10-13H,1,3-9,14H2,(H,19,20,21). The Kier molecular flexibility index (Phi) is 8.58. The quantitative estimate of drug-likeness (QED) is 0.215. The molecule has 0 saturated heterocycles. The fourth-order valence-electron chi connectivity index (χ4n) is 2.19. The highest BCUT2D eigenvalue weighted by molar-refractivity contribution is 7.86. The molecule has 23 heavy (non-hydrogen) atoms. The summed E-state index contributed by atoms with van der Waals surface area (Å²) in [7, 11) is -4.40. The fraction of sp³-hybridized carbons (Fsp3) is 0.471. The lowest BCUT2D eigenvalue weighted by Crippen LogP contribution is -2.10. The van der Waals surface area contributed by atoms with Gasteiger partial charge in [0.15, 0.2) is 5.75 Å². The molecule has 0 bridgehead atoms. The first-order chi connectivity index (χ1) is 10.9. The number of benzene rings is 1. The molecule has 0 aliphatic carbocycles. The fourth-order valence-corrected chi connectivity index (χ4v) is 2.80. The van der Waals surface area contributed by atoms with Gasteiger partial charge in [-0.15, -0.1) is 6.58 Å². The molecule has 0 spiro atoms. The Balaban J connectivity index is 2.31. The van der Waals surface area contributed by atoms with Gasteiger partial charge in [0, 0.05) is 6.42 Å². The van der Waals surface area contributed by atoms with E-state index in [4.69, 9.17) is 9.29 Å². The van der Waals surface area contributed by atoms with E-state index in [2.05, 4.69) is 6.58 Å². The molecule has 0 atom stereocenters. The van der Waals surface area contributed by atoms with Crippen molar-refractivity contribution in [3.63, 3.8) is 0 Å². The van der Waals surface area contributed by atoms with Gasteiger partial charge in [0.1, 0.15) is 4.90 Å². The Morgan fingerprint density at radius 2 is 1.70 bits per heavy atom. The summed E-state index contributed by atoms with van der Waals surface area (Å²) in [6, 6.07) is 5.54. The van der Waals surface area contributed by atoms with Crippen molar-refractivity contribution in [3.8, 4) is 5.75 Å². The zero-order valence-electron chi connectivity index (χ0n) is 13.2. The molecule has 1 rings (SSSR count). The lowest BCUT2D eigenvalue weighted by molar-refractivity contribution is -0.134. The van der Waals surface area contributed by atoms with Gasteiger partial charge in [0.25, 0.3) is 10.1 Å². The van der Waals surface area contributed by atoms with Crippen molar-refractivity contribution in [2.24, 2.45) is 0 Å². The molecular weight excluding hydrogens is 316 g/mol. The molecule has 128 valence electrons. The molecule has 0 unspecified atom stereocenters. The number of allylic oxidation sites excluding steroid dienone is 1. The number of ether oxygens (including phenoxy) is 1. The molecule has 0 fully saturated rings. The number of unbranched alkanes of at least 4 members (excludes halogenated alkanes) is 6. The highest BCUT2D eigenvalue weighted by Gasteiger charge is 2.17. The van der Waals surface area contributed by atoms with Gasteiger partial charge < -0.3 is 4.74 Å². The minimum absolute atomic E-state index is 0.135. The minimum atomic E-state index is -4.40. The number of hydrogen-bond donors (Lipinski definition) is 1. The van der Waals surface area contributed by atoms with Gasteiger partial charge in [-0.25, -0.2) is 0 Å². The summed E-state index contributed by atoms with van der Waals surface area (Å²) in [5.41, 5.74) is 0. The Morgan fingerprint density at radius 3 is 2.35 bits per heavy atom. The number of hydrogen-bond acceptors (Lipinski definition) is 4. The van der Waals surface area contributed by atoms with Crippen molar-refractivity contribution >= 4 is 16.1 Å². The van der Waals surface area contributed by atoms with E-state index in [1.807, 2.05) is 6.08 Å². The van der Waals surface area contributed by atoms with E-state index in [1.54, 1.807) is 6.07 Å². The van der Waals surface area contributed by atoms with Crippen LogP contribution in [0.25, 0.3) is 0 Å². The zero-order chi connectivity index (χ0) is 17.1. The summed E-state index contributed by atoms with van der Waals surface area (Å²) >= 11 is 0. The van der Waals surface area contributed by atoms with Crippen LogP contribution >= 0.6 is 0 Å². The lowest BCUT2D eigenvalue weighted by atomic mass is 10.1. The largest absolute Gasteiger partial charge is 0.425 e. The molecule has 1 aromatic rings. The van der Waals surface area contributed by atoms with Crippen molar-refractivity contribution in [2.75, 3.05) is 0 Å². The number of carbonyl (C=O) groups is 1. The number of carbonyl (C=O) groups excluding carboxylic acids is 1. The first-order valence-corrected chi connectivity index (χ1v) is 9.27. The summed E-state index contributed by atoms with van der Waals surface area (Å²) in [5, 5.41) is 0. The second-order valence-electron chi connectivity index (χ2n) is 5.34. The topological polar surface area (TPSA) is 80.7 Å². The average Bonchev–Trinajstić information content (AvgIpc) is 2.49. The maximum Gasteiger partial charge on any atom is 0.311 e. The van der Waals surface area contributed by atoms with Gasteiger partial charge in [0.05, 0.1) is 0 Å². The highest BCUT2D eigenvalue weighted by Crippen LogP contribution is 2.23. The monoisotopic (exact) mass is 340 g/mol. The van der Waals surface area contributed by atoms with Crippen molar-refractivity contribution in [1.82, 2.24) is 0 Å².